The number of aromatic nitrogens is 1. The molecular weight excluding hydrogens is 166 g/mol. The molecule has 0 aliphatic heterocycles. The van der Waals surface area contributed by atoms with Gasteiger partial charge in [0.05, 0.1) is 0 Å². The van der Waals surface area contributed by atoms with Crippen LogP contribution in [0.15, 0.2) is 18.3 Å². The van der Waals surface area contributed by atoms with Crippen LogP contribution in [0.2, 0.25) is 0 Å². The minimum Gasteiger partial charge on any atom is -0.399 e. The van der Waals surface area contributed by atoms with Crippen molar-refractivity contribution in [3.05, 3.63) is 24.0 Å². The van der Waals surface area contributed by atoms with E-state index in [1.165, 1.54) is 6.20 Å². The third-order valence-electron chi connectivity index (χ3n) is 1.82. The molecule has 0 atom stereocenters. The van der Waals surface area contributed by atoms with Gasteiger partial charge in [-0.15, -0.1) is 0 Å². The first-order valence-corrected chi connectivity index (χ1v) is 4.12. The highest BCUT2D eigenvalue weighted by Crippen LogP contribution is 2.04. The Morgan fingerprint density at radius 2 is 2.38 bits per heavy atom. The number of amides is 1. The molecule has 0 aromatic carbocycles. The summed E-state index contributed by atoms with van der Waals surface area (Å²) in [7, 11) is 1.73. The maximum atomic E-state index is 11.5. The second kappa shape index (κ2) is 3.89. The van der Waals surface area contributed by atoms with E-state index in [4.69, 9.17) is 5.73 Å². The van der Waals surface area contributed by atoms with E-state index in [-0.39, 0.29) is 5.91 Å². The highest BCUT2D eigenvalue weighted by molar-refractivity contribution is 5.92. The first kappa shape index (κ1) is 9.51. The van der Waals surface area contributed by atoms with Crippen molar-refractivity contribution in [2.24, 2.45) is 0 Å². The molecule has 0 saturated heterocycles. The largest absolute Gasteiger partial charge is 0.399 e. The molecule has 1 heterocycles. The smallest absolute Gasteiger partial charge is 0.272 e. The lowest BCUT2D eigenvalue weighted by molar-refractivity contribution is 0.0797. The Kier molecular flexibility index (Phi) is 2.84. The van der Waals surface area contributed by atoms with Crippen LogP contribution in [0.5, 0.6) is 0 Å². The Hall–Kier alpha value is -1.58. The molecule has 1 rings (SSSR count). The molecule has 0 saturated carbocycles. The Morgan fingerprint density at radius 3 is 2.92 bits per heavy atom. The van der Waals surface area contributed by atoms with E-state index in [2.05, 4.69) is 4.98 Å². The van der Waals surface area contributed by atoms with Gasteiger partial charge in [0.2, 0.25) is 0 Å². The van der Waals surface area contributed by atoms with Crippen molar-refractivity contribution in [1.82, 2.24) is 9.88 Å². The summed E-state index contributed by atoms with van der Waals surface area (Å²) in [6, 6.07) is 3.23. The molecule has 1 aromatic heterocycles. The zero-order chi connectivity index (χ0) is 9.84. The van der Waals surface area contributed by atoms with Crippen LogP contribution in [0, 0.1) is 0 Å². The van der Waals surface area contributed by atoms with Gasteiger partial charge in [-0.3, -0.25) is 9.78 Å². The summed E-state index contributed by atoms with van der Waals surface area (Å²) in [5.41, 5.74) is 6.48. The third-order valence-corrected chi connectivity index (χ3v) is 1.82. The topological polar surface area (TPSA) is 59.2 Å². The predicted octanol–water partition coefficient (Wildman–Crippen LogP) is 0.756. The highest BCUT2D eigenvalue weighted by Gasteiger charge is 2.10. The average Bonchev–Trinajstić information content (AvgIpc) is 2.15. The molecule has 0 fully saturated rings. The molecular formula is C9H13N3O. The van der Waals surface area contributed by atoms with E-state index in [0.29, 0.717) is 17.9 Å². The number of nitrogens with two attached hydrogens (primary N) is 1. The van der Waals surface area contributed by atoms with Crippen molar-refractivity contribution in [2.75, 3.05) is 19.3 Å². The quantitative estimate of drug-likeness (QED) is 0.729. The van der Waals surface area contributed by atoms with Crippen LogP contribution >= 0.6 is 0 Å². The summed E-state index contributed by atoms with van der Waals surface area (Å²) < 4.78 is 0. The molecule has 0 spiro atoms. The van der Waals surface area contributed by atoms with Crippen LogP contribution in [0.1, 0.15) is 17.4 Å². The van der Waals surface area contributed by atoms with Gasteiger partial charge in [0.25, 0.3) is 5.91 Å². The van der Waals surface area contributed by atoms with E-state index in [9.17, 15) is 4.79 Å². The first-order valence-electron chi connectivity index (χ1n) is 4.12. The number of carbonyl (C=O) groups is 1. The summed E-state index contributed by atoms with van der Waals surface area (Å²) in [6.45, 7) is 2.57. The zero-order valence-electron chi connectivity index (χ0n) is 7.82. The SMILES string of the molecule is CCN(C)C(=O)c1cc(N)ccn1. The van der Waals surface area contributed by atoms with Crippen LogP contribution in [0.4, 0.5) is 5.69 Å². The van der Waals surface area contributed by atoms with Gasteiger partial charge in [-0.2, -0.15) is 0 Å². The number of pyridine rings is 1. The Bertz CT molecular complexity index is 311. The van der Waals surface area contributed by atoms with E-state index in [1.807, 2.05) is 6.92 Å². The molecule has 4 nitrogen and oxygen atoms in total. The molecule has 70 valence electrons. The fourth-order valence-corrected chi connectivity index (χ4v) is 0.903. The van der Waals surface area contributed by atoms with Gasteiger partial charge in [0.1, 0.15) is 5.69 Å². The van der Waals surface area contributed by atoms with Crippen molar-refractivity contribution in [3.8, 4) is 0 Å². The second-order valence-corrected chi connectivity index (χ2v) is 2.79. The van der Waals surface area contributed by atoms with Crippen LogP contribution in [-0.4, -0.2) is 29.4 Å². The maximum absolute atomic E-state index is 11.5. The fraction of sp³-hybridized carbons (Fsp3) is 0.333. The maximum Gasteiger partial charge on any atom is 0.272 e. The van der Waals surface area contributed by atoms with Gasteiger partial charge in [-0.1, -0.05) is 0 Å². The number of hydrogen-bond acceptors (Lipinski definition) is 3. The van der Waals surface area contributed by atoms with Crippen molar-refractivity contribution in [2.45, 2.75) is 6.92 Å². The van der Waals surface area contributed by atoms with Crippen LogP contribution in [0.3, 0.4) is 0 Å². The predicted molar refractivity (Wildman–Crippen MR) is 51.3 cm³/mol. The number of hydrogen-bond donors (Lipinski definition) is 1. The van der Waals surface area contributed by atoms with E-state index >= 15 is 0 Å². The number of rotatable bonds is 2. The number of nitrogens with zero attached hydrogens (tertiary/aromatic N) is 2. The minimum absolute atomic E-state index is 0.102. The summed E-state index contributed by atoms with van der Waals surface area (Å²) in [5.74, 6) is -0.102. The fourth-order valence-electron chi connectivity index (χ4n) is 0.903. The van der Waals surface area contributed by atoms with Crippen LogP contribution in [0.25, 0.3) is 0 Å². The number of carbonyl (C=O) groups excluding carboxylic acids is 1. The molecule has 13 heavy (non-hydrogen) atoms. The summed E-state index contributed by atoms with van der Waals surface area (Å²) in [5, 5.41) is 0. The Balaban J connectivity index is 2.89. The summed E-state index contributed by atoms with van der Waals surface area (Å²) >= 11 is 0. The number of nitrogen functional groups attached to an aromatic ring is 1. The van der Waals surface area contributed by atoms with Gasteiger partial charge >= 0.3 is 0 Å². The van der Waals surface area contributed by atoms with E-state index in [1.54, 1.807) is 24.1 Å². The van der Waals surface area contributed by atoms with Crippen LogP contribution in [-0.2, 0) is 0 Å². The van der Waals surface area contributed by atoms with Gasteiger partial charge < -0.3 is 10.6 Å². The monoisotopic (exact) mass is 179 g/mol. The normalized spacial score (nSPS) is 9.69. The minimum atomic E-state index is -0.102. The van der Waals surface area contributed by atoms with E-state index < -0.39 is 0 Å². The van der Waals surface area contributed by atoms with E-state index in [0.717, 1.165) is 0 Å². The molecule has 1 aromatic rings. The van der Waals surface area contributed by atoms with Gasteiger partial charge in [-0.25, -0.2) is 0 Å². The molecule has 4 heteroatoms. The highest BCUT2D eigenvalue weighted by atomic mass is 16.2. The Morgan fingerprint density at radius 1 is 1.69 bits per heavy atom. The van der Waals surface area contributed by atoms with Crippen molar-refractivity contribution < 1.29 is 4.79 Å². The van der Waals surface area contributed by atoms with Crippen LogP contribution < -0.4 is 5.73 Å². The molecule has 2 N–H and O–H groups in total. The summed E-state index contributed by atoms with van der Waals surface area (Å²) in [6.07, 6.45) is 1.53. The molecule has 0 bridgehead atoms. The molecule has 0 unspecified atom stereocenters. The molecule has 0 aliphatic rings. The molecule has 0 aliphatic carbocycles. The third kappa shape index (κ3) is 2.18. The second-order valence-electron chi connectivity index (χ2n) is 2.79. The lowest BCUT2D eigenvalue weighted by Crippen LogP contribution is -2.27. The van der Waals surface area contributed by atoms with Crippen molar-refractivity contribution in [1.29, 1.82) is 0 Å². The zero-order valence-corrected chi connectivity index (χ0v) is 7.82. The van der Waals surface area contributed by atoms with Crippen molar-refractivity contribution >= 4 is 11.6 Å². The standard InChI is InChI=1S/C9H13N3O/c1-3-12(2)9(13)8-6-7(10)4-5-11-8/h4-6H,3H2,1-2H3,(H2,10,11). The molecule has 0 radical (unpaired) electrons. The first-order chi connectivity index (χ1) is 6.15. The lowest BCUT2D eigenvalue weighted by Gasteiger charge is -2.13. The summed E-state index contributed by atoms with van der Waals surface area (Å²) in [4.78, 5) is 17.1. The molecule has 1 amide bonds. The Labute approximate surface area is 77.4 Å². The number of anilines is 1. The van der Waals surface area contributed by atoms with Gasteiger partial charge in [0.15, 0.2) is 0 Å². The van der Waals surface area contributed by atoms with Crippen molar-refractivity contribution in [3.63, 3.8) is 0 Å². The van der Waals surface area contributed by atoms with Gasteiger partial charge in [-0.05, 0) is 19.1 Å². The average molecular weight is 179 g/mol. The lowest BCUT2D eigenvalue weighted by atomic mass is 10.3. The van der Waals surface area contributed by atoms with Gasteiger partial charge in [0, 0.05) is 25.5 Å².